The van der Waals surface area contributed by atoms with Gasteiger partial charge in [-0.05, 0) is 61.4 Å². The largest absolute Gasteiger partial charge is 0.339 e. The monoisotopic (exact) mass is 308 g/mol. The fourth-order valence-corrected chi connectivity index (χ4v) is 3.22. The predicted molar refractivity (Wildman–Crippen MR) is 92.4 cm³/mol. The van der Waals surface area contributed by atoms with Gasteiger partial charge in [0.25, 0.3) is 5.91 Å². The average molecular weight is 308 g/mol. The molecular weight excluding hydrogens is 284 g/mol. The van der Waals surface area contributed by atoms with Gasteiger partial charge in [0.2, 0.25) is 0 Å². The van der Waals surface area contributed by atoms with Gasteiger partial charge in [-0.2, -0.15) is 0 Å². The summed E-state index contributed by atoms with van der Waals surface area (Å²) in [5.41, 5.74) is 3.24. The normalized spacial score (nSPS) is 15.6. The molecule has 1 aromatic carbocycles. The zero-order chi connectivity index (χ0) is 16.1. The lowest BCUT2D eigenvalue weighted by molar-refractivity contribution is 0.0690. The van der Waals surface area contributed by atoms with Gasteiger partial charge in [-0.15, -0.1) is 0 Å². The number of hydrogen-bond donors (Lipinski definition) is 0. The number of hydrogen-bond acceptors (Lipinski definition) is 2. The number of carbonyl (C=O) groups is 1. The first-order valence-corrected chi connectivity index (χ1v) is 8.54. The van der Waals surface area contributed by atoms with E-state index in [-0.39, 0.29) is 5.91 Å². The number of aromatic nitrogens is 1. The summed E-state index contributed by atoms with van der Waals surface area (Å²) in [4.78, 5) is 19.0. The minimum absolute atomic E-state index is 0.170. The standard InChI is InChI=1S/C20H24N2O/c1-2-16-6-8-18(9-7-16)20(23)22-13-10-17(11-14-22)15-19-5-3-4-12-21-19/h3-9,12,17H,2,10-11,13-15H2,1H3. The molecule has 3 nitrogen and oxygen atoms in total. The van der Waals surface area contributed by atoms with E-state index < -0.39 is 0 Å². The number of benzene rings is 1. The van der Waals surface area contributed by atoms with Gasteiger partial charge < -0.3 is 4.90 Å². The molecule has 0 aliphatic carbocycles. The summed E-state index contributed by atoms with van der Waals surface area (Å²) < 4.78 is 0. The minimum Gasteiger partial charge on any atom is -0.339 e. The Morgan fingerprint density at radius 1 is 1.13 bits per heavy atom. The SMILES string of the molecule is CCc1ccc(C(=O)N2CCC(Cc3ccccn3)CC2)cc1. The van der Waals surface area contributed by atoms with Gasteiger partial charge in [-0.1, -0.05) is 25.1 Å². The van der Waals surface area contributed by atoms with Crippen LogP contribution in [0.2, 0.25) is 0 Å². The van der Waals surface area contributed by atoms with E-state index >= 15 is 0 Å². The number of piperidine rings is 1. The molecule has 120 valence electrons. The highest BCUT2D eigenvalue weighted by Gasteiger charge is 2.23. The second kappa shape index (κ2) is 7.40. The summed E-state index contributed by atoms with van der Waals surface area (Å²) in [5, 5.41) is 0. The molecule has 3 rings (SSSR count). The highest BCUT2D eigenvalue weighted by molar-refractivity contribution is 5.94. The van der Waals surface area contributed by atoms with Crippen LogP contribution in [0.1, 0.15) is 41.4 Å². The van der Waals surface area contributed by atoms with Crippen LogP contribution in [-0.2, 0) is 12.8 Å². The zero-order valence-corrected chi connectivity index (χ0v) is 13.7. The molecule has 0 N–H and O–H groups in total. The topological polar surface area (TPSA) is 33.2 Å². The van der Waals surface area contributed by atoms with Crippen molar-refractivity contribution < 1.29 is 4.79 Å². The molecule has 1 saturated heterocycles. The first-order chi connectivity index (χ1) is 11.3. The average Bonchev–Trinajstić information content (AvgIpc) is 2.63. The molecule has 0 spiro atoms. The van der Waals surface area contributed by atoms with Crippen molar-refractivity contribution in [1.29, 1.82) is 0 Å². The van der Waals surface area contributed by atoms with Crippen molar-refractivity contribution in [3.63, 3.8) is 0 Å². The van der Waals surface area contributed by atoms with E-state index in [1.54, 1.807) is 0 Å². The molecule has 0 radical (unpaired) electrons. The first kappa shape index (κ1) is 15.7. The molecule has 0 bridgehead atoms. The Bertz CT molecular complexity index is 628. The Labute approximate surface area is 138 Å². The third-order valence-corrected chi connectivity index (χ3v) is 4.73. The Hall–Kier alpha value is -2.16. The van der Waals surface area contributed by atoms with Crippen LogP contribution in [0.5, 0.6) is 0 Å². The lowest BCUT2D eigenvalue weighted by Gasteiger charge is -2.32. The van der Waals surface area contributed by atoms with E-state index in [0.29, 0.717) is 5.92 Å². The quantitative estimate of drug-likeness (QED) is 0.862. The fraction of sp³-hybridized carbons (Fsp3) is 0.400. The summed E-state index contributed by atoms with van der Waals surface area (Å²) in [6, 6.07) is 14.1. The van der Waals surface area contributed by atoms with Crippen molar-refractivity contribution >= 4 is 5.91 Å². The zero-order valence-electron chi connectivity index (χ0n) is 13.7. The molecular formula is C20H24N2O. The molecule has 1 amide bonds. The lowest BCUT2D eigenvalue weighted by atomic mass is 9.91. The highest BCUT2D eigenvalue weighted by atomic mass is 16.2. The van der Waals surface area contributed by atoms with Crippen LogP contribution >= 0.6 is 0 Å². The molecule has 0 unspecified atom stereocenters. The Morgan fingerprint density at radius 3 is 2.48 bits per heavy atom. The second-order valence-electron chi connectivity index (χ2n) is 6.31. The number of amides is 1. The van der Waals surface area contributed by atoms with Crippen LogP contribution in [0.3, 0.4) is 0 Å². The van der Waals surface area contributed by atoms with Crippen LogP contribution in [-0.4, -0.2) is 28.9 Å². The summed E-state index contributed by atoms with van der Waals surface area (Å²) in [5.74, 6) is 0.806. The highest BCUT2D eigenvalue weighted by Crippen LogP contribution is 2.22. The first-order valence-electron chi connectivity index (χ1n) is 8.54. The van der Waals surface area contributed by atoms with Gasteiger partial charge in [0.05, 0.1) is 0 Å². The Balaban J connectivity index is 1.54. The minimum atomic E-state index is 0.170. The summed E-state index contributed by atoms with van der Waals surface area (Å²) in [7, 11) is 0. The smallest absolute Gasteiger partial charge is 0.253 e. The van der Waals surface area contributed by atoms with Crippen LogP contribution in [0.25, 0.3) is 0 Å². The molecule has 23 heavy (non-hydrogen) atoms. The van der Waals surface area contributed by atoms with Gasteiger partial charge in [-0.25, -0.2) is 0 Å². The van der Waals surface area contributed by atoms with Crippen molar-refractivity contribution in [1.82, 2.24) is 9.88 Å². The van der Waals surface area contributed by atoms with Crippen LogP contribution in [0, 0.1) is 5.92 Å². The maximum Gasteiger partial charge on any atom is 0.253 e. The van der Waals surface area contributed by atoms with Crippen molar-refractivity contribution in [3.05, 3.63) is 65.5 Å². The van der Waals surface area contributed by atoms with E-state index in [2.05, 4.69) is 30.1 Å². The molecule has 2 heterocycles. The Morgan fingerprint density at radius 2 is 1.87 bits per heavy atom. The number of carbonyl (C=O) groups excluding carboxylic acids is 1. The van der Waals surface area contributed by atoms with E-state index in [0.717, 1.165) is 50.0 Å². The number of pyridine rings is 1. The molecule has 1 aromatic heterocycles. The van der Waals surface area contributed by atoms with Crippen LogP contribution in [0.4, 0.5) is 0 Å². The number of rotatable bonds is 4. The fourth-order valence-electron chi connectivity index (χ4n) is 3.22. The molecule has 0 saturated carbocycles. The molecule has 2 aromatic rings. The third-order valence-electron chi connectivity index (χ3n) is 4.73. The van der Waals surface area contributed by atoms with E-state index in [1.165, 1.54) is 5.56 Å². The number of aryl methyl sites for hydroxylation is 1. The van der Waals surface area contributed by atoms with Crippen LogP contribution in [0.15, 0.2) is 48.7 Å². The third kappa shape index (κ3) is 3.98. The van der Waals surface area contributed by atoms with Gasteiger partial charge in [-0.3, -0.25) is 9.78 Å². The van der Waals surface area contributed by atoms with E-state index in [1.807, 2.05) is 35.4 Å². The molecule has 1 aliphatic heterocycles. The molecule has 0 atom stereocenters. The molecule has 3 heteroatoms. The van der Waals surface area contributed by atoms with Gasteiger partial charge in [0, 0.05) is 30.5 Å². The second-order valence-corrected chi connectivity index (χ2v) is 6.31. The molecule has 1 fully saturated rings. The summed E-state index contributed by atoms with van der Waals surface area (Å²) >= 11 is 0. The Kier molecular flexibility index (Phi) is 5.06. The van der Waals surface area contributed by atoms with Crippen molar-refractivity contribution in [3.8, 4) is 0 Å². The number of likely N-dealkylation sites (tertiary alicyclic amines) is 1. The number of nitrogens with zero attached hydrogens (tertiary/aromatic N) is 2. The van der Waals surface area contributed by atoms with Gasteiger partial charge >= 0.3 is 0 Å². The van der Waals surface area contributed by atoms with E-state index in [9.17, 15) is 4.79 Å². The van der Waals surface area contributed by atoms with Crippen molar-refractivity contribution in [2.24, 2.45) is 5.92 Å². The summed E-state index contributed by atoms with van der Waals surface area (Å²) in [6.45, 7) is 3.83. The van der Waals surface area contributed by atoms with Gasteiger partial charge in [0.1, 0.15) is 0 Å². The van der Waals surface area contributed by atoms with Crippen molar-refractivity contribution in [2.75, 3.05) is 13.1 Å². The van der Waals surface area contributed by atoms with Crippen LogP contribution < -0.4 is 0 Å². The van der Waals surface area contributed by atoms with E-state index in [4.69, 9.17) is 0 Å². The lowest BCUT2D eigenvalue weighted by Crippen LogP contribution is -2.38. The molecule has 1 aliphatic rings. The predicted octanol–water partition coefficient (Wildman–Crippen LogP) is 3.74. The maximum absolute atomic E-state index is 12.6. The summed E-state index contributed by atoms with van der Waals surface area (Å²) in [6.07, 6.45) is 6.01. The van der Waals surface area contributed by atoms with Gasteiger partial charge in [0.15, 0.2) is 0 Å². The van der Waals surface area contributed by atoms with Crippen molar-refractivity contribution in [2.45, 2.75) is 32.6 Å². The maximum atomic E-state index is 12.6.